The van der Waals surface area contributed by atoms with Crippen LogP contribution in [0.25, 0.3) is 0 Å². The Morgan fingerprint density at radius 1 is 1.67 bits per heavy atom. The fourth-order valence-electron chi connectivity index (χ4n) is 1.10. The molecule has 1 saturated heterocycles. The Morgan fingerprint density at radius 2 is 2.33 bits per heavy atom. The lowest BCUT2D eigenvalue weighted by Gasteiger charge is -2.38. The summed E-state index contributed by atoms with van der Waals surface area (Å²) in [7, 11) is 0. The Morgan fingerprint density at radius 3 is 2.67 bits per heavy atom. The van der Waals surface area contributed by atoms with Gasteiger partial charge in [0, 0.05) is 6.61 Å². The molecule has 0 bridgehead atoms. The molecule has 1 aliphatic rings. The number of hydrogen-bond donors (Lipinski definition) is 1. The molecule has 1 unspecified atom stereocenters. The number of hydrogen-bond acceptors (Lipinski definition) is 2. The van der Waals surface area contributed by atoms with Crippen LogP contribution in [0, 0.1) is 0 Å². The summed E-state index contributed by atoms with van der Waals surface area (Å²) in [5.41, 5.74) is 0.114. The van der Waals surface area contributed by atoms with Gasteiger partial charge in [-0.1, -0.05) is 0 Å². The maximum atomic E-state index is 8.49. The van der Waals surface area contributed by atoms with Crippen LogP contribution in [-0.2, 0) is 4.74 Å². The molecule has 2 heteroatoms. The minimum Gasteiger partial charge on any atom is -0.396 e. The molecule has 0 aliphatic carbocycles. The van der Waals surface area contributed by atoms with Gasteiger partial charge >= 0.3 is 0 Å². The number of aliphatic hydroxyl groups is 1. The van der Waals surface area contributed by atoms with Gasteiger partial charge in [-0.05, 0) is 26.2 Å². The quantitative estimate of drug-likeness (QED) is 0.616. The lowest BCUT2D eigenvalue weighted by Crippen LogP contribution is -2.40. The van der Waals surface area contributed by atoms with Gasteiger partial charge < -0.3 is 9.84 Å². The molecule has 2 nitrogen and oxygen atoms in total. The monoisotopic (exact) mass is 130 g/mol. The third-order valence-corrected chi connectivity index (χ3v) is 1.95. The molecule has 9 heavy (non-hydrogen) atoms. The van der Waals surface area contributed by atoms with E-state index in [4.69, 9.17) is 9.84 Å². The molecular weight excluding hydrogens is 116 g/mol. The number of aliphatic hydroxyl groups excluding tert-OH is 1. The number of ether oxygens (including phenoxy) is 1. The lowest BCUT2D eigenvalue weighted by atomic mass is 9.92. The Balaban J connectivity index is 2.09. The molecule has 0 amide bonds. The predicted octanol–water partition coefficient (Wildman–Crippen LogP) is 0.938. The highest BCUT2D eigenvalue weighted by Gasteiger charge is 2.31. The second-order valence-electron chi connectivity index (χ2n) is 2.88. The van der Waals surface area contributed by atoms with Crippen molar-refractivity contribution in [3.63, 3.8) is 0 Å². The van der Waals surface area contributed by atoms with Crippen molar-refractivity contribution in [2.75, 3.05) is 13.2 Å². The van der Waals surface area contributed by atoms with E-state index in [0.29, 0.717) is 6.61 Å². The minimum atomic E-state index is 0.114. The smallest absolute Gasteiger partial charge is 0.0677 e. The van der Waals surface area contributed by atoms with Crippen LogP contribution >= 0.6 is 0 Å². The highest BCUT2D eigenvalue weighted by atomic mass is 16.5. The van der Waals surface area contributed by atoms with Crippen LogP contribution in [0.4, 0.5) is 0 Å². The van der Waals surface area contributed by atoms with Gasteiger partial charge in [0.1, 0.15) is 0 Å². The molecule has 0 spiro atoms. The maximum Gasteiger partial charge on any atom is 0.0677 e. The van der Waals surface area contributed by atoms with Gasteiger partial charge in [0.15, 0.2) is 0 Å². The fraction of sp³-hybridized carbons (Fsp3) is 1.00. The van der Waals surface area contributed by atoms with Gasteiger partial charge in [0.25, 0.3) is 0 Å². The van der Waals surface area contributed by atoms with Crippen LogP contribution in [-0.4, -0.2) is 23.9 Å². The summed E-state index contributed by atoms with van der Waals surface area (Å²) in [6, 6.07) is 0. The molecule has 1 heterocycles. The zero-order chi connectivity index (χ0) is 6.74. The molecule has 1 N–H and O–H groups in total. The van der Waals surface area contributed by atoms with E-state index in [1.807, 2.05) is 0 Å². The van der Waals surface area contributed by atoms with Crippen molar-refractivity contribution in [2.45, 2.75) is 31.8 Å². The van der Waals surface area contributed by atoms with Gasteiger partial charge in [-0.3, -0.25) is 0 Å². The largest absolute Gasteiger partial charge is 0.396 e. The summed E-state index contributed by atoms with van der Waals surface area (Å²) in [4.78, 5) is 0. The van der Waals surface area contributed by atoms with Gasteiger partial charge in [0.2, 0.25) is 0 Å². The first-order valence-corrected chi connectivity index (χ1v) is 3.52. The van der Waals surface area contributed by atoms with Crippen LogP contribution in [0.15, 0.2) is 0 Å². The normalized spacial score (nSPS) is 34.0. The fourth-order valence-corrected chi connectivity index (χ4v) is 1.10. The molecule has 1 fully saturated rings. The summed E-state index contributed by atoms with van der Waals surface area (Å²) in [6.07, 6.45) is 3.03. The Labute approximate surface area is 55.8 Å². The lowest BCUT2D eigenvalue weighted by molar-refractivity contribution is -0.140. The molecule has 1 atom stereocenters. The van der Waals surface area contributed by atoms with Gasteiger partial charge in [-0.25, -0.2) is 0 Å². The second-order valence-corrected chi connectivity index (χ2v) is 2.88. The summed E-state index contributed by atoms with van der Waals surface area (Å²) in [6.45, 7) is 3.30. The summed E-state index contributed by atoms with van der Waals surface area (Å²) >= 11 is 0. The molecule has 1 aliphatic heterocycles. The topological polar surface area (TPSA) is 29.5 Å². The van der Waals surface area contributed by atoms with Crippen molar-refractivity contribution >= 4 is 0 Å². The Hall–Kier alpha value is -0.0800. The Bertz CT molecular complexity index is 86.9. The average molecular weight is 130 g/mol. The van der Waals surface area contributed by atoms with E-state index in [1.54, 1.807) is 0 Å². The van der Waals surface area contributed by atoms with E-state index < -0.39 is 0 Å². The second kappa shape index (κ2) is 2.67. The van der Waals surface area contributed by atoms with Crippen molar-refractivity contribution in [1.82, 2.24) is 0 Å². The molecule has 0 radical (unpaired) electrons. The minimum absolute atomic E-state index is 0.114. The van der Waals surface area contributed by atoms with Crippen molar-refractivity contribution in [3.8, 4) is 0 Å². The maximum absolute atomic E-state index is 8.49. The van der Waals surface area contributed by atoms with Crippen LogP contribution in [0.3, 0.4) is 0 Å². The first-order valence-electron chi connectivity index (χ1n) is 3.52. The van der Waals surface area contributed by atoms with Gasteiger partial charge in [-0.15, -0.1) is 0 Å². The summed E-state index contributed by atoms with van der Waals surface area (Å²) < 4.78 is 5.31. The number of rotatable bonds is 3. The third kappa shape index (κ3) is 1.66. The van der Waals surface area contributed by atoms with Gasteiger partial charge in [-0.2, -0.15) is 0 Å². The zero-order valence-electron chi connectivity index (χ0n) is 5.89. The third-order valence-electron chi connectivity index (χ3n) is 1.95. The van der Waals surface area contributed by atoms with E-state index in [0.717, 1.165) is 25.9 Å². The van der Waals surface area contributed by atoms with E-state index in [1.165, 1.54) is 0 Å². The predicted molar refractivity (Wildman–Crippen MR) is 35.3 cm³/mol. The van der Waals surface area contributed by atoms with Crippen molar-refractivity contribution in [1.29, 1.82) is 0 Å². The van der Waals surface area contributed by atoms with Crippen LogP contribution in [0.1, 0.15) is 26.2 Å². The highest BCUT2D eigenvalue weighted by molar-refractivity contribution is 4.81. The molecule has 54 valence electrons. The van der Waals surface area contributed by atoms with E-state index in [2.05, 4.69) is 6.92 Å². The molecule has 0 aromatic carbocycles. The molecule has 0 aromatic rings. The molecular formula is C7H14O2. The van der Waals surface area contributed by atoms with E-state index in [-0.39, 0.29) is 5.60 Å². The first kappa shape index (κ1) is 7.03. The summed E-state index contributed by atoms with van der Waals surface area (Å²) in [5.74, 6) is 0. The van der Waals surface area contributed by atoms with Crippen LogP contribution < -0.4 is 0 Å². The molecule has 1 rings (SSSR count). The van der Waals surface area contributed by atoms with Crippen LogP contribution in [0.5, 0.6) is 0 Å². The molecule has 0 aromatic heterocycles. The SMILES string of the molecule is CC1(CCCO)CCO1. The average Bonchev–Trinajstić information content (AvgIpc) is 1.79. The van der Waals surface area contributed by atoms with Crippen molar-refractivity contribution in [2.24, 2.45) is 0 Å². The summed E-state index contributed by atoms with van der Waals surface area (Å²) in [5, 5.41) is 8.49. The van der Waals surface area contributed by atoms with E-state index in [9.17, 15) is 0 Å². The highest BCUT2D eigenvalue weighted by Crippen LogP contribution is 2.29. The zero-order valence-corrected chi connectivity index (χ0v) is 5.89. The first-order chi connectivity index (χ1) is 4.27. The van der Waals surface area contributed by atoms with Gasteiger partial charge in [0.05, 0.1) is 12.2 Å². The van der Waals surface area contributed by atoms with Crippen molar-refractivity contribution in [3.05, 3.63) is 0 Å². The Kier molecular flexibility index (Phi) is 2.09. The van der Waals surface area contributed by atoms with E-state index >= 15 is 0 Å². The van der Waals surface area contributed by atoms with Crippen LogP contribution in [0.2, 0.25) is 0 Å². The molecule has 0 saturated carbocycles. The standard InChI is InChI=1S/C7H14O2/c1-7(3-2-5-8)4-6-9-7/h8H,2-6H2,1H3. The van der Waals surface area contributed by atoms with Crippen molar-refractivity contribution < 1.29 is 9.84 Å².